The lowest BCUT2D eigenvalue weighted by molar-refractivity contribution is -0.138. The molecule has 180 valence electrons. The third-order valence-electron chi connectivity index (χ3n) is 5.77. The topological polar surface area (TPSA) is 95.9 Å². The fraction of sp³-hybridized carbons (Fsp3) is 0.222. The number of nitrogens with one attached hydrogen (secondary N) is 1. The van der Waals surface area contributed by atoms with Crippen molar-refractivity contribution in [3.05, 3.63) is 95.1 Å². The van der Waals surface area contributed by atoms with Crippen molar-refractivity contribution < 1.29 is 23.7 Å². The van der Waals surface area contributed by atoms with Gasteiger partial charge in [0.15, 0.2) is 6.61 Å². The second-order valence-electron chi connectivity index (χ2n) is 8.15. The highest BCUT2D eigenvalue weighted by Crippen LogP contribution is 2.28. The van der Waals surface area contributed by atoms with Gasteiger partial charge in [0.25, 0.3) is 5.91 Å². The molecule has 0 aliphatic carbocycles. The van der Waals surface area contributed by atoms with Crippen LogP contribution in [-0.4, -0.2) is 36.0 Å². The summed E-state index contributed by atoms with van der Waals surface area (Å²) < 4.78 is 4.97. The van der Waals surface area contributed by atoms with E-state index in [1.165, 1.54) is 5.56 Å². The Kier molecular flexibility index (Phi) is 8.18. The third-order valence-corrected chi connectivity index (χ3v) is 6.47. The second-order valence-corrected chi connectivity index (χ2v) is 9.02. The molecule has 0 bridgehead atoms. The summed E-state index contributed by atoms with van der Waals surface area (Å²) in [7, 11) is 0. The number of carboxylic acids is 1. The van der Waals surface area contributed by atoms with E-state index < -0.39 is 12.6 Å². The number of fused-ring (bicyclic) bond motifs is 2. The predicted octanol–water partition coefficient (Wildman–Crippen LogP) is 4.25. The van der Waals surface area contributed by atoms with Crippen LogP contribution in [0.25, 0.3) is 0 Å². The van der Waals surface area contributed by atoms with Crippen LogP contribution in [0.1, 0.15) is 33.5 Å². The van der Waals surface area contributed by atoms with Crippen molar-refractivity contribution >= 4 is 35.5 Å². The van der Waals surface area contributed by atoms with E-state index in [1.54, 1.807) is 24.3 Å². The zero-order valence-corrected chi connectivity index (χ0v) is 19.9. The SMILES string of the molecule is O=C(O)COSc1ccc(C(=O)NCCC(=O)N2Cc3ccccc3CCc3ccccc32)cc1. The minimum Gasteiger partial charge on any atom is -0.479 e. The smallest absolute Gasteiger partial charge is 0.331 e. The third kappa shape index (κ3) is 6.49. The first-order valence-corrected chi connectivity index (χ1v) is 12.1. The highest BCUT2D eigenvalue weighted by molar-refractivity contribution is 7.94. The molecule has 0 unspecified atom stereocenters. The molecule has 0 saturated carbocycles. The molecule has 7 nitrogen and oxygen atoms in total. The van der Waals surface area contributed by atoms with E-state index in [9.17, 15) is 14.4 Å². The van der Waals surface area contributed by atoms with Gasteiger partial charge < -0.3 is 15.3 Å². The maximum absolute atomic E-state index is 13.3. The molecule has 3 aromatic carbocycles. The van der Waals surface area contributed by atoms with Crippen molar-refractivity contribution in [2.45, 2.75) is 30.7 Å². The molecule has 1 aliphatic rings. The van der Waals surface area contributed by atoms with Gasteiger partial charge in [-0.05, 0) is 59.9 Å². The first-order chi connectivity index (χ1) is 17.0. The average molecular weight is 491 g/mol. The molecule has 35 heavy (non-hydrogen) atoms. The Morgan fingerprint density at radius 2 is 1.54 bits per heavy atom. The lowest BCUT2D eigenvalue weighted by Crippen LogP contribution is -2.35. The van der Waals surface area contributed by atoms with E-state index in [0.29, 0.717) is 17.0 Å². The molecule has 0 saturated heterocycles. The molecule has 3 aromatic rings. The lowest BCUT2D eigenvalue weighted by Gasteiger charge is -2.29. The lowest BCUT2D eigenvalue weighted by atomic mass is 9.95. The van der Waals surface area contributed by atoms with E-state index in [2.05, 4.69) is 23.5 Å². The first kappa shape index (κ1) is 24.5. The average Bonchev–Trinajstić information content (AvgIpc) is 2.85. The van der Waals surface area contributed by atoms with Crippen LogP contribution >= 0.6 is 12.0 Å². The number of aliphatic carboxylic acids is 1. The summed E-state index contributed by atoms with van der Waals surface area (Å²) in [4.78, 5) is 38.8. The van der Waals surface area contributed by atoms with Gasteiger partial charge in [0.1, 0.15) is 0 Å². The van der Waals surface area contributed by atoms with Crippen LogP contribution in [0.4, 0.5) is 5.69 Å². The summed E-state index contributed by atoms with van der Waals surface area (Å²) in [6.45, 7) is 0.313. The molecule has 0 atom stereocenters. The number of nitrogens with zero attached hydrogens (tertiary/aromatic N) is 1. The molecule has 1 heterocycles. The van der Waals surface area contributed by atoms with E-state index in [0.717, 1.165) is 41.7 Å². The molecule has 0 radical (unpaired) electrons. The van der Waals surface area contributed by atoms with E-state index in [1.807, 2.05) is 35.2 Å². The number of amides is 2. The zero-order chi connectivity index (χ0) is 24.6. The van der Waals surface area contributed by atoms with Crippen LogP contribution in [0.3, 0.4) is 0 Å². The molecule has 2 amide bonds. The van der Waals surface area contributed by atoms with Gasteiger partial charge in [0, 0.05) is 41.2 Å². The molecule has 2 N–H and O–H groups in total. The van der Waals surface area contributed by atoms with Crippen molar-refractivity contribution in [2.24, 2.45) is 0 Å². The number of para-hydroxylation sites is 1. The van der Waals surface area contributed by atoms with Gasteiger partial charge in [-0.3, -0.25) is 13.8 Å². The summed E-state index contributed by atoms with van der Waals surface area (Å²) in [5, 5.41) is 11.4. The molecule has 0 aromatic heterocycles. The first-order valence-electron chi connectivity index (χ1n) is 11.4. The molecular formula is C27H26N2O5S. The number of anilines is 1. The second kappa shape index (κ2) is 11.7. The summed E-state index contributed by atoms with van der Waals surface area (Å²) in [5.74, 6) is -1.37. The van der Waals surface area contributed by atoms with Crippen LogP contribution in [0.2, 0.25) is 0 Å². The number of hydrogen-bond donors (Lipinski definition) is 2. The summed E-state index contributed by atoms with van der Waals surface area (Å²) in [6.07, 6.45) is 1.98. The number of aryl methyl sites for hydroxylation is 2. The fourth-order valence-electron chi connectivity index (χ4n) is 4.02. The van der Waals surface area contributed by atoms with E-state index in [4.69, 9.17) is 9.29 Å². The Labute approximate surface area is 208 Å². The highest BCUT2D eigenvalue weighted by atomic mass is 32.2. The van der Waals surface area contributed by atoms with Crippen molar-refractivity contribution in [3.8, 4) is 0 Å². The van der Waals surface area contributed by atoms with Crippen LogP contribution in [0, 0.1) is 0 Å². The van der Waals surface area contributed by atoms with Gasteiger partial charge in [-0.15, -0.1) is 0 Å². The number of benzene rings is 3. The van der Waals surface area contributed by atoms with Crippen LogP contribution in [-0.2, 0) is 33.2 Å². The summed E-state index contributed by atoms with van der Waals surface area (Å²) in [6, 6.07) is 22.8. The van der Waals surface area contributed by atoms with Gasteiger partial charge in [-0.25, -0.2) is 4.79 Å². The van der Waals surface area contributed by atoms with Gasteiger partial charge in [-0.2, -0.15) is 0 Å². The minimum absolute atomic E-state index is 0.0446. The van der Waals surface area contributed by atoms with Gasteiger partial charge in [0.05, 0.1) is 6.54 Å². The zero-order valence-electron chi connectivity index (χ0n) is 19.1. The van der Waals surface area contributed by atoms with E-state index >= 15 is 0 Å². The molecule has 4 rings (SSSR count). The van der Waals surface area contributed by atoms with Crippen molar-refractivity contribution in [3.63, 3.8) is 0 Å². The number of carbonyl (C=O) groups excluding carboxylic acids is 2. The maximum Gasteiger partial charge on any atom is 0.331 e. The van der Waals surface area contributed by atoms with Crippen molar-refractivity contribution in [1.29, 1.82) is 0 Å². The maximum atomic E-state index is 13.3. The fourth-order valence-corrected chi connectivity index (χ4v) is 4.56. The molecule has 0 spiro atoms. The molecule has 1 aliphatic heterocycles. The van der Waals surface area contributed by atoms with Crippen LogP contribution < -0.4 is 10.2 Å². The van der Waals surface area contributed by atoms with Crippen LogP contribution in [0.5, 0.6) is 0 Å². The highest BCUT2D eigenvalue weighted by Gasteiger charge is 2.22. The quantitative estimate of drug-likeness (QED) is 0.459. The van der Waals surface area contributed by atoms with Gasteiger partial charge >= 0.3 is 5.97 Å². The normalized spacial score (nSPS) is 12.6. The Bertz CT molecular complexity index is 1210. The minimum atomic E-state index is -1.05. The van der Waals surface area contributed by atoms with Crippen molar-refractivity contribution in [1.82, 2.24) is 5.32 Å². The van der Waals surface area contributed by atoms with E-state index in [-0.39, 0.29) is 24.8 Å². The number of carboxylic acid groups (broad SMARTS) is 1. The summed E-state index contributed by atoms with van der Waals surface area (Å²) in [5.41, 5.74) is 4.92. The number of rotatable bonds is 8. The van der Waals surface area contributed by atoms with Crippen LogP contribution in [0.15, 0.2) is 77.7 Å². The summed E-state index contributed by atoms with van der Waals surface area (Å²) >= 11 is 0.937. The molecule has 0 fully saturated rings. The Balaban J connectivity index is 1.36. The van der Waals surface area contributed by atoms with Crippen molar-refractivity contribution in [2.75, 3.05) is 18.1 Å². The largest absolute Gasteiger partial charge is 0.479 e. The predicted molar refractivity (Wildman–Crippen MR) is 134 cm³/mol. The number of carbonyl (C=O) groups is 3. The monoisotopic (exact) mass is 490 g/mol. The standard InChI is InChI=1S/C27H26N2O5S/c30-25(15-16-28-27(33)21-11-13-23(14-12-21)35-34-18-26(31)32)29-17-22-7-2-1-5-19(22)9-10-20-6-3-4-8-24(20)29/h1-8,11-14H,9-10,15-18H2,(H,28,33)(H,31,32). The Morgan fingerprint density at radius 3 is 2.29 bits per heavy atom. The van der Waals surface area contributed by atoms with Gasteiger partial charge in [0.2, 0.25) is 5.91 Å². The Morgan fingerprint density at radius 1 is 0.886 bits per heavy atom. The Hall–Kier alpha value is -3.62. The molecular weight excluding hydrogens is 464 g/mol. The molecule has 8 heteroatoms. The number of hydrogen-bond acceptors (Lipinski definition) is 5. The van der Waals surface area contributed by atoms with Gasteiger partial charge in [-0.1, -0.05) is 42.5 Å².